The van der Waals surface area contributed by atoms with Crippen molar-refractivity contribution in [2.75, 3.05) is 13.7 Å². The second-order valence-electron chi connectivity index (χ2n) is 3.66. The first-order valence-corrected chi connectivity index (χ1v) is 5.03. The molecule has 1 aromatic carbocycles. The van der Waals surface area contributed by atoms with Gasteiger partial charge in [0.05, 0.1) is 7.11 Å². The van der Waals surface area contributed by atoms with Gasteiger partial charge in [-0.15, -0.1) is 0 Å². The molecule has 0 aromatic heterocycles. The lowest BCUT2D eigenvalue weighted by Crippen LogP contribution is -2.01. The summed E-state index contributed by atoms with van der Waals surface area (Å²) < 4.78 is 5.31. The molecule has 1 aromatic rings. The molecule has 0 radical (unpaired) electrons. The molecule has 78 valence electrons. The predicted octanol–water partition coefficient (Wildman–Crippen LogP) is 2.20. The molecular formula is C12H19NO. The summed E-state index contributed by atoms with van der Waals surface area (Å²) in [7, 11) is 1.72. The Morgan fingerprint density at radius 1 is 1.21 bits per heavy atom. The van der Waals surface area contributed by atoms with E-state index in [0.717, 1.165) is 25.1 Å². The predicted molar refractivity (Wildman–Crippen MR) is 59.8 cm³/mol. The van der Waals surface area contributed by atoms with Crippen molar-refractivity contribution in [1.29, 1.82) is 0 Å². The third kappa shape index (κ3) is 2.48. The number of hydrogen-bond acceptors (Lipinski definition) is 2. The van der Waals surface area contributed by atoms with E-state index in [9.17, 15) is 0 Å². The Hall–Kier alpha value is -1.02. The minimum atomic E-state index is 0.754. The largest absolute Gasteiger partial charge is 0.496 e. The molecule has 2 heteroatoms. The maximum Gasteiger partial charge on any atom is 0.124 e. The number of methoxy groups -OCH3 is 1. The minimum Gasteiger partial charge on any atom is -0.496 e. The van der Waals surface area contributed by atoms with E-state index in [1.54, 1.807) is 7.11 Å². The van der Waals surface area contributed by atoms with Gasteiger partial charge in [0.15, 0.2) is 0 Å². The van der Waals surface area contributed by atoms with E-state index >= 15 is 0 Å². The highest BCUT2D eigenvalue weighted by Crippen LogP contribution is 2.24. The lowest BCUT2D eigenvalue weighted by molar-refractivity contribution is 0.408. The zero-order valence-electron chi connectivity index (χ0n) is 9.26. The fraction of sp³-hybridized carbons (Fsp3) is 0.500. The summed E-state index contributed by atoms with van der Waals surface area (Å²) >= 11 is 0. The van der Waals surface area contributed by atoms with Crippen LogP contribution in [0.25, 0.3) is 0 Å². The van der Waals surface area contributed by atoms with Crippen molar-refractivity contribution >= 4 is 0 Å². The lowest BCUT2D eigenvalue weighted by atomic mass is 10.0. The van der Waals surface area contributed by atoms with E-state index in [4.69, 9.17) is 10.5 Å². The van der Waals surface area contributed by atoms with Gasteiger partial charge >= 0.3 is 0 Å². The van der Waals surface area contributed by atoms with Crippen molar-refractivity contribution in [3.8, 4) is 5.75 Å². The standard InChI is InChI=1S/C12H19NO/c1-9-7-11(5-4-6-13)8-10(2)12(9)14-3/h7-8H,4-6,13H2,1-3H3. The van der Waals surface area contributed by atoms with Gasteiger partial charge in [-0.25, -0.2) is 0 Å². The van der Waals surface area contributed by atoms with Crippen LogP contribution >= 0.6 is 0 Å². The van der Waals surface area contributed by atoms with Crippen LogP contribution < -0.4 is 10.5 Å². The average Bonchev–Trinajstić information content (AvgIpc) is 2.14. The Morgan fingerprint density at radius 2 is 1.79 bits per heavy atom. The van der Waals surface area contributed by atoms with E-state index in [-0.39, 0.29) is 0 Å². The van der Waals surface area contributed by atoms with Gasteiger partial charge in [0.1, 0.15) is 5.75 Å². The maximum atomic E-state index is 5.48. The third-order valence-electron chi connectivity index (χ3n) is 2.39. The van der Waals surface area contributed by atoms with Crippen molar-refractivity contribution in [2.24, 2.45) is 5.73 Å². The average molecular weight is 193 g/mol. The van der Waals surface area contributed by atoms with Gasteiger partial charge in [-0.3, -0.25) is 0 Å². The number of rotatable bonds is 4. The normalized spacial score (nSPS) is 10.3. The van der Waals surface area contributed by atoms with Crippen LogP contribution in [-0.2, 0) is 6.42 Å². The first-order chi connectivity index (χ1) is 6.69. The van der Waals surface area contributed by atoms with Crippen LogP contribution in [0, 0.1) is 13.8 Å². The molecule has 0 aliphatic carbocycles. The van der Waals surface area contributed by atoms with Crippen LogP contribution in [0.4, 0.5) is 0 Å². The van der Waals surface area contributed by atoms with Crippen molar-refractivity contribution < 1.29 is 4.74 Å². The van der Waals surface area contributed by atoms with Gasteiger partial charge in [-0.2, -0.15) is 0 Å². The van der Waals surface area contributed by atoms with E-state index in [0.29, 0.717) is 0 Å². The van der Waals surface area contributed by atoms with Gasteiger partial charge in [0.2, 0.25) is 0 Å². The fourth-order valence-electron chi connectivity index (χ4n) is 1.81. The molecule has 0 bridgehead atoms. The van der Waals surface area contributed by atoms with Gasteiger partial charge in [-0.1, -0.05) is 12.1 Å². The Morgan fingerprint density at radius 3 is 2.21 bits per heavy atom. The zero-order chi connectivity index (χ0) is 10.6. The number of aryl methyl sites for hydroxylation is 3. The van der Waals surface area contributed by atoms with Crippen molar-refractivity contribution in [3.63, 3.8) is 0 Å². The van der Waals surface area contributed by atoms with Gasteiger partial charge < -0.3 is 10.5 Å². The third-order valence-corrected chi connectivity index (χ3v) is 2.39. The monoisotopic (exact) mass is 193 g/mol. The molecule has 0 spiro atoms. The Kier molecular flexibility index (Phi) is 3.96. The molecule has 0 heterocycles. The summed E-state index contributed by atoms with van der Waals surface area (Å²) in [6, 6.07) is 4.36. The first-order valence-electron chi connectivity index (χ1n) is 5.03. The summed E-state index contributed by atoms with van der Waals surface area (Å²) in [5, 5.41) is 0. The number of hydrogen-bond donors (Lipinski definition) is 1. The van der Waals surface area contributed by atoms with Crippen LogP contribution in [0.5, 0.6) is 5.75 Å². The molecule has 14 heavy (non-hydrogen) atoms. The van der Waals surface area contributed by atoms with Crippen molar-refractivity contribution in [1.82, 2.24) is 0 Å². The summed E-state index contributed by atoms with van der Waals surface area (Å²) in [5.74, 6) is 1.00. The molecule has 0 saturated carbocycles. The quantitative estimate of drug-likeness (QED) is 0.795. The van der Waals surface area contributed by atoms with E-state index in [2.05, 4.69) is 26.0 Å². The van der Waals surface area contributed by atoms with Gasteiger partial charge in [-0.05, 0) is 49.9 Å². The highest BCUT2D eigenvalue weighted by Gasteiger charge is 2.04. The summed E-state index contributed by atoms with van der Waals surface area (Å²) in [6.07, 6.45) is 2.10. The topological polar surface area (TPSA) is 35.2 Å². The Labute approximate surface area is 86.1 Å². The van der Waals surface area contributed by atoms with Crippen LogP contribution in [0.3, 0.4) is 0 Å². The second kappa shape index (κ2) is 5.01. The maximum absolute atomic E-state index is 5.48. The molecule has 0 fully saturated rings. The number of benzene rings is 1. The SMILES string of the molecule is COc1c(C)cc(CCCN)cc1C. The zero-order valence-corrected chi connectivity index (χ0v) is 9.26. The first kappa shape index (κ1) is 11.1. The van der Waals surface area contributed by atoms with Crippen LogP contribution in [0.15, 0.2) is 12.1 Å². The molecule has 0 amide bonds. The second-order valence-corrected chi connectivity index (χ2v) is 3.66. The molecule has 2 N–H and O–H groups in total. The highest BCUT2D eigenvalue weighted by molar-refractivity contribution is 5.43. The van der Waals surface area contributed by atoms with E-state index in [1.165, 1.54) is 16.7 Å². The van der Waals surface area contributed by atoms with Crippen molar-refractivity contribution in [3.05, 3.63) is 28.8 Å². The minimum absolute atomic E-state index is 0.754. The van der Waals surface area contributed by atoms with Gasteiger partial charge in [0.25, 0.3) is 0 Å². The van der Waals surface area contributed by atoms with Crippen LogP contribution in [0.2, 0.25) is 0 Å². The van der Waals surface area contributed by atoms with E-state index in [1.807, 2.05) is 0 Å². The Bertz CT molecular complexity index is 284. The van der Waals surface area contributed by atoms with E-state index < -0.39 is 0 Å². The highest BCUT2D eigenvalue weighted by atomic mass is 16.5. The van der Waals surface area contributed by atoms with Crippen LogP contribution in [-0.4, -0.2) is 13.7 Å². The smallest absolute Gasteiger partial charge is 0.124 e. The molecule has 0 unspecified atom stereocenters. The number of nitrogens with two attached hydrogens (primary N) is 1. The molecule has 0 saturated heterocycles. The van der Waals surface area contributed by atoms with Crippen molar-refractivity contribution in [2.45, 2.75) is 26.7 Å². The lowest BCUT2D eigenvalue weighted by Gasteiger charge is -2.10. The summed E-state index contributed by atoms with van der Waals surface area (Å²) in [4.78, 5) is 0. The fourth-order valence-corrected chi connectivity index (χ4v) is 1.81. The number of ether oxygens (including phenoxy) is 1. The summed E-state index contributed by atoms with van der Waals surface area (Å²) in [6.45, 7) is 4.92. The van der Waals surface area contributed by atoms with Crippen LogP contribution in [0.1, 0.15) is 23.1 Å². The van der Waals surface area contributed by atoms with Gasteiger partial charge in [0, 0.05) is 0 Å². The molecule has 0 atom stereocenters. The molecule has 1 rings (SSSR count). The molecular weight excluding hydrogens is 174 g/mol. The molecule has 0 aliphatic heterocycles. The molecule has 0 aliphatic rings. The molecule has 2 nitrogen and oxygen atoms in total. The Balaban J connectivity index is 2.90. The summed E-state index contributed by atoms with van der Waals surface area (Å²) in [5.41, 5.74) is 9.25.